The van der Waals surface area contributed by atoms with Gasteiger partial charge in [0, 0.05) is 24.0 Å². The molecule has 1 atom stereocenters. The van der Waals surface area contributed by atoms with Crippen molar-refractivity contribution in [2.75, 3.05) is 0 Å². The lowest BCUT2D eigenvalue weighted by Crippen LogP contribution is -2.07. The van der Waals surface area contributed by atoms with Gasteiger partial charge in [-0.3, -0.25) is 4.98 Å². The molecule has 4 heteroatoms. The van der Waals surface area contributed by atoms with Gasteiger partial charge in [0.2, 0.25) is 5.88 Å². The van der Waals surface area contributed by atoms with Crippen molar-refractivity contribution in [1.29, 1.82) is 0 Å². The highest BCUT2D eigenvalue weighted by molar-refractivity contribution is 5.32. The molecule has 2 aromatic rings. The van der Waals surface area contributed by atoms with Crippen molar-refractivity contribution in [2.24, 2.45) is 5.73 Å². The molecular formula is C12H13N3O. The van der Waals surface area contributed by atoms with Crippen LogP contribution in [0.15, 0.2) is 42.9 Å². The molecule has 1 unspecified atom stereocenters. The normalized spacial score (nSPS) is 12.1. The molecule has 2 N–H and O–H groups in total. The SMILES string of the molecule is CC(N)c1cccnc1Oc1cccnc1. The Morgan fingerprint density at radius 3 is 2.75 bits per heavy atom. The van der Waals surface area contributed by atoms with Gasteiger partial charge >= 0.3 is 0 Å². The molecule has 4 nitrogen and oxygen atoms in total. The van der Waals surface area contributed by atoms with E-state index in [2.05, 4.69) is 9.97 Å². The lowest BCUT2D eigenvalue weighted by Gasteiger charge is -2.11. The Kier molecular flexibility index (Phi) is 3.12. The maximum absolute atomic E-state index is 5.83. The van der Waals surface area contributed by atoms with E-state index in [0.29, 0.717) is 11.6 Å². The quantitative estimate of drug-likeness (QED) is 0.853. The molecule has 82 valence electrons. The topological polar surface area (TPSA) is 61.0 Å². The molecule has 0 bridgehead atoms. The van der Waals surface area contributed by atoms with Crippen molar-refractivity contribution in [3.8, 4) is 11.6 Å². The van der Waals surface area contributed by atoms with Gasteiger partial charge in [0.1, 0.15) is 5.75 Å². The molecule has 2 heterocycles. The van der Waals surface area contributed by atoms with Crippen molar-refractivity contribution in [2.45, 2.75) is 13.0 Å². The van der Waals surface area contributed by atoms with Crippen LogP contribution in [-0.2, 0) is 0 Å². The molecular weight excluding hydrogens is 202 g/mol. The van der Waals surface area contributed by atoms with Gasteiger partial charge in [-0.05, 0) is 25.1 Å². The number of ether oxygens (including phenoxy) is 1. The van der Waals surface area contributed by atoms with Gasteiger partial charge in [0.05, 0.1) is 6.20 Å². The van der Waals surface area contributed by atoms with Crippen LogP contribution in [0.5, 0.6) is 11.6 Å². The van der Waals surface area contributed by atoms with Gasteiger partial charge < -0.3 is 10.5 Å². The van der Waals surface area contributed by atoms with E-state index in [-0.39, 0.29) is 6.04 Å². The zero-order valence-corrected chi connectivity index (χ0v) is 9.00. The van der Waals surface area contributed by atoms with Crippen molar-refractivity contribution in [3.05, 3.63) is 48.4 Å². The van der Waals surface area contributed by atoms with Crippen molar-refractivity contribution in [3.63, 3.8) is 0 Å². The fourth-order valence-electron chi connectivity index (χ4n) is 1.35. The molecule has 2 rings (SSSR count). The summed E-state index contributed by atoms with van der Waals surface area (Å²) in [4.78, 5) is 8.14. The predicted molar refractivity (Wildman–Crippen MR) is 61.2 cm³/mol. The molecule has 0 saturated carbocycles. The van der Waals surface area contributed by atoms with Crippen LogP contribution in [-0.4, -0.2) is 9.97 Å². The van der Waals surface area contributed by atoms with E-state index in [1.165, 1.54) is 0 Å². The Morgan fingerprint density at radius 2 is 2.06 bits per heavy atom. The monoisotopic (exact) mass is 215 g/mol. The Labute approximate surface area is 94.1 Å². The maximum atomic E-state index is 5.83. The standard InChI is InChI=1S/C12H13N3O/c1-9(13)11-5-3-7-15-12(11)16-10-4-2-6-14-8-10/h2-9H,13H2,1H3. The second-order valence-electron chi connectivity index (χ2n) is 3.48. The molecule has 0 spiro atoms. The molecule has 0 amide bonds. The number of hydrogen-bond acceptors (Lipinski definition) is 4. The Hall–Kier alpha value is -1.94. The summed E-state index contributed by atoms with van der Waals surface area (Å²) in [7, 11) is 0. The maximum Gasteiger partial charge on any atom is 0.224 e. The summed E-state index contributed by atoms with van der Waals surface area (Å²) in [6.07, 6.45) is 5.01. The van der Waals surface area contributed by atoms with Crippen molar-refractivity contribution >= 4 is 0 Å². The van der Waals surface area contributed by atoms with E-state index in [0.717, 1.165) is 5.56 Å². The summed E-state index contributed by atoms with van der Waals surface area (Å²) in [6.45, 7) is 1.90. The number of rotatable bonds is 3. The summed E-state index contributed by atoms with van der Waals surface area (Å²) in [5.74, 6) is 1.19. The van der Waals surface area contributed by atoms with Gasteiger partial charge in [-0.2, -0.15) is 0 Å². The highest BCUT2D eigenvalue weighted by Crippen LogP contribution is 2.25. The highest BCUT2D eigenvalue weighted by Gasteiger charge is 2.09. The van der Waals surface area contributed by atoms with E-state index in [4.69, 9.17) is 10.5 Å². The van der Waals surface area contributed by atoms with Gasteiger partial charge in [-0.25, -0.2) is 4.98 Å². The number of aromatic nitrogens is 2. The third kappa shape index (κ3) is 2.35. The largest absolute Gasteiger partial charge is 0.437 e. The first-order valence-corrected chi connectivity index (χ1v) is 5.06. The van der Waals surface area contributed by atoms with E-state index in [1.807, 2.05) is 31.2 Å². The molecule has 0 radical (unpaired) electrons. The first kappa shape index (κ1) is 10.6. The number of hydrogen-bond donors (Lipinski definition) is 1. The fourth-order valence-corrected chi connectivity index (χ4v) is 1.35. The van der Waals surface area contributed by atoms with E-state index in [9.17, 15) is 0 Å². The second kappa shape index (κ2) is 4.72. The van der Waals surface area contributed by atoms with Crippen LogP contribution in [0.3, 0.4) is 0 Å². The molecule has 0 aliphatic rings. The van der Waals surface area contributed by atoms with Gasteiger partial charge in [0.15, 0.2) is 0 Å². The van der Waals surface area contributed by atoms with Gasteiger partial charge in [-0.15, -0.1) is 0 Å². The number of nitrogens with two attached hydrogens (primary N) is 1. The van der Waals surface area contributed by atoms with Crippen LogP contribution < -0.4 is 10.5 Å². The minimum atomic E-state index is -0.111. The first-order chi connectivity index (χ1) is 7.77. The van der Waals surface area contributed by atoms with E-state index >= 15 is 0 Å². The van der Waals surface area contributed by atoms with Crippen LogP contribution in [0.2, 0.25) is 0 Å². The third-order valence-electron chi connectivity index (χ3n) is 2.14. The van der Waals surface area contributed by atoms with Crippen LogP contribution >= 0.6 is 0 Å². The van der Waals surface area contributed by atoms with E-state index in [1.54, 1.807) is 18.6 Å². The molecule has 2 aromatic heterocycles. The fraction of sp³-hybridized carbons (Fsp3) is 0.167. The third-order valence-corrected chi connectivity index (χ3v) is 2.14. The van der Waals surface area contributed by atoms with Crippen LogP contribution in [0, 0.1) is 0 Å². The smallest absolute Gasteiger partial charge is 0.224 e. The average Bonchev–Trinajstić information content (AvgIpc) is 2.31. The molecule has 0 aliphatic carbocycles. The summed E-state index contributed by atoms with van der Waals surface area (Å²) < 4.78 is 5.62. The highest BCUT2D eigenvalue weighted by atomic mass is 16.5. The van der Waals surface area contributed by atoms with Crippen LogP contribution in [0.25, 0.3) is 0 Å². The van der Waals surface area contributed by atoms with Gasteiger partial charge in [0.25, 0.3) is 0 Å². The zero-order valence-electron chi connectivity index (χ0n) is 9.00. The summed E-state index contributed by atoms with van der Waals surface area (Å²) in [5.41, 5.74) is 6.71. The summed E-state index contributed by atoms with van der Waals surface area (Å²) in [6, 6.07) is 7.27. The lowest BCUT2D eigenvalue weighted by molar-refractivity contribution is 0.450. The zero-order chi connectivity index (χ0) is 11.4. The Bertz CT molecular complexity index is 457. The second-order valence-corrected chi connectivity index (χ2v) is 3.48. The minimum absolute atomic E-state index is 0.111. The Balaban J connectivity index is 2.28. The number of pyridine rings is 2. The number of nitrogens with zero attached hydrogens (tertiary/aromatic N) is 2. The molecule has 0 aliphatic heterocycles. The molecule has 0 aromatic carbocycles. The van der Waals surface area contributed by atoms with E-state index < -0.39 is 0 Å². The minimum Gasteiger partial charge on any atom is -0.437 e. The molecule has 0 fully saturated rings. The summed E-state index contributed by atoms with van der Waals surface area (Å²) in [5, 5.41) is 0. The van der Waals surface area contributed by atoms with Crippen molar-refractivity contribution < 1.29 is 4.74 Å². The molecule has 0 saturated heterocycles. The van der Waals surface area contributed by atoms with Gasteiger partial charge in [-0.1, -0.05) is 6.07 Å². The predicted octanol–water partition coefficient (Wildman–Crippen LogP) is 2.29. The average molecular weight is 215 g/mol. The summed E-state index contributed by atoms with van der Waals surface area (Å²) >= 11 is 0. The van der Waals surface area contributed by atoms with Crippen molar-refractivity contribution in [1.82, 2.24) is 9.97 Å². The Morgan fingerprint density at radius 1 is 1.25 bits per heavy atom. The lowest BCUT2D eigenvalue weighted by atomic mass is 10.1. The van der Waals surface area contributed by atoms with Crippen LogP contribution in [0.1, 0.15) is 18.5 Å². The molecule has 16 heavy (non-hydrogen) atoms. The van der Waals surface area contributed by atoms with Crippen LogP contribution in [0.4, 0.5) is 0 Å². The first-order valence-electron chi connectivity index (χ1n) is 5.06.